The number of aromatic nitrogens is 2. The fourth-order valence-electron chi connectivity index (χ4n) is 3.35. The van der Waals surface area contributed by atoms with Crippen molar-refractivity contribution in [3.63, 3.8) is 0 Å². The highest BCUT2D eigenvalue weighted by molar-refractivity contribution is 7.14. The lowest BCUT2D eigenvalue weighted by Crippen LogP contribution is -2.24. The zero-order valence-corrected chi connectivity index (χ0v) is 17.4. The normalized spacial score (nSPS) is 11.3. The van der Waals surface area contributed by atoms with E-state index in [4.69, 9.17) is 0 Å². The van der Waals surface area contributed by atoms with Crippen LogP contribution in [0.3, 0.4) is 0 Å². The molecule has 4 nitrogen and oxygen atoms in total. The summed E-state index contributed by atoms with van der Waals surface area (Å²) in [5, 5.41) is 3.74. The van der Waals surface area contributed by atoms with Gasteiger partial charge in [-0.15, -0.1) is 11.3 Å². The fraction of sp³-hybridized carbons (Fsp3) is 0.125. The first-order valence-electron chi connectivity index (χ1n) is 9.39. The number of hydrogen-bond acceptors (Lipinski definition) is 4. The summed E-state index contributed by atoms with van der Waals surface area (Å²) in [6.07, 6.45) is 3.88. The van der Waals surface area contributed by atoms with Crippen LogP contribution in [0.1, 0.15) is 29.4 Å². The molecule has 5 heteroatoms. The summed E-state index contributed by atoms with van der Waals surface area (Å²) in [6, 6.07) is 18.1. The van der Waals surface area contributed by atoms with Crippen molar-refractivity contribution in [3.8, 4) is 0 Å². The lowest BCUT2D eigenvalue weighted by Gasteiger charge is -2.22. The van der Waals surface area contributed by atoms with Gasteiger partial charge in [0.25, 0.3) is 0 Å². The Bertz CT molecular complexity index is 1210. The third kappa shape index (κ3) is 3.96. The molecule has 0 spiro atoms. The SMILES string of the molecule is CC(=O)N(c1nc(/C=C/c2ccc3ccccc3n2)cs1)c1c(C)cccc1C. The van der Waals surface area contributed by atoms with Gasteiger partial charge >= 0.3 is 0 Å². The Balaban J connectivity index is 1.64. The Morgan fingerprint density at radius 1 is 0.897 bits per heavy atom. The Kier molecular flexibility index (Phi) is 5.23. The summed E-state index contributed by atoms with van der Waals surface area (Å²) in [7, 11) is 0. The third-order valence-corrected chi connectivity index (χ3v) is 5.57. The first-order valence-corrected chi connectivity index (χ1v) is 10.3. The van der Waals surface area contributed by atoms with E-state index in [0.717, 1.165) is 39.1 Å². The largest absolute Gasteiger partial charge is 0.274 e. The topological polar surface area (TPSA) is 46.1 Å². The van der Waals surface area contributed by atoms with E-state index in [1.165, 1.54) is 11.3 Å². The average Bonchev–Trinajstić information content (AvgIpc) is 3.17. The van der Waals surface area contributed by atoms with Gasteiger partial charge in [-0.3, -0.25) is 9.69 Å². The number of aryl methyl sites for hydroxylation is 2. The highest BCUT2D eigenvalue weighted by atomic mass is 32.1. The molecule has 0 radical (unpaired) electrons. The Morgan fingerprint density at radius 3 is 2.38 bits per heavy atom. The van der Waals surface area contributed by atoms with E-state index in [9.17, 15) is 4.79 Å². The summed E-state index contributed by atoms with van der Waals surface area (Å²) in [6.45, 7) is 5.60. The maximum absolute atomic E-state index is 12.4. The van der Waals surface area contributed by atoms with Crippen LogP contribution in [0.15, 0.2) is 60.0 Å². The number of amides is 1. The molecule has 0 saturated heterocycles. The van der Waals surface area contributed by atoms with Crippen LogP contribution in [0.25, 0.3) is 23.1 Å². The molecule has 0 aliphatic heterocycles. The number of benzene rings is 2. The molecule has 2 aromatic carbocycles. The summed E-state index contributed by atoms with van der Waals surface area (Å²) in [5.41, 5.74) is 5.64. The van der Waals surface area contributed by atoms with Gasteiger partial charge in [0.2, 0.25) is 5.91 Å². The second kappa shape index (κ2) is 7.97. The monoisotopic (exact) mass is 399 g/mol. The molecule has 0 unspecified atom stereocenters. The predicted molar refractivity (Wildman–Crippen MR) is 122 cm³/mol. The number of carbonyl (C=O) groups excluding carboxylic acids is 1. The molecular formula is C24H21N3OS. The van der Waals surface area contributed by atoms with Gasteiger partial charge in [-0.2, -0.15) is 0 Å². The van der Waals surface area contributed by atoms with E-state index >= 15 is 0 Å². The standard InChI is InChI=1S/C24H21N3OS/c1-16-7-6-8-17(2)23(16)27(18(3)28)24-26-21(15-29-24)14-13-20-12-11-19-9-4-5-10-22(19)25-20/h4-15H,1-3H3/b14-13+. The maximum atomic E-state index is 12.4. The van der Waals surface area contributed by atoms with Crippen molar-refractivity contribution in [2.45, 2.75) is 20.8 Å². The summed E-state index contributed by atoms with van der Waals surface area (Å²) >= 11 is 1.46. The van der Waals surface area contributed by atoms with E-state index < -0.39 is 0 Å². The van der Waals surface area contributed by atoms with Crippen molar-refractivity contribution in [2.24, 2.45) is 0 Å². The molecule has 29 heavy (non-hydrogen) atoms. The van der Waals surface area contributed by atoms with E-state index in [-0.39, 0.29) is 5.91 Å². The van der Waals surface area contributed by atoms with Gasteiger partial charge in [-0.05, 0) is 49.3 Å². The minimum atomic E-state index is -0.0523. The minimum absolute atomic E-state index is 0.0523. The van der Waals surface area contributed by atoms with E-state index in [1.54, 1.807) is 11.8 Å². The quantitative estimate of drug-likeness (QED) is 0.413. The molecule has 4 rings (SSSR count). The van der Waals surface area contributed by atoms with Crippen LogP contribution in [-0.4, -0.2) is 15.9 Å². The molecule has 0 fully saturated rings. The molecule has 0 aliphatic rings. The summed E-state index contributed by atoms with van der Waals surface area (Å²) < 4.78 is 0. The molecule has 1 amide bonds. The molecule has 0 N–H and O–H groups in total. The van der Waals surface area contributed by atoms with Gasteiger partial charge in [0, 0.05) is 17.7 Å². The van der Waals surface area contributed by atoms with Gasteiger partial charge in [0.15, 0.2) is 5.13 Å². The summed E-state index contributed by atoms with van der Waals surface area (Å²) in [4.78, 5) is 23.5. The Hall–Kier alpha value is -3.31. The van der Waals surface area contributed by atoms with Gasteiger partial charge in [0.1, 0.15) is 0 Å². The van der Waals surface area contributed by atoms with E-state index in [1.807, 2.05) is 79.9 Å². The molecule has 0 saturated carbocycles. The van der Waals surface area contributed by atoms with Crippen LogP contribution in [-0.2, 0) is 4.79 Å². The zero-order chi connectivity index (χ0) is 20.4. The van der Waals surface area contributed by atoms with E-state index in [0.29, 0.717) is 5.13 Å². The van der Waals surface area contributed by atoms with Crippen LogP contribution in [0, 0.1) is 13.8 Å². The number of rotatable bonds is 4. The molecular weight excluding hydrogens is 378 g/mol. The first kappa shape index (κ1) is 19.0. The minimum Gasteiger partial charge on any atom is -0.274 e. The zero-order valence-electron chi connectivity index (χ0n) is 16.6. The van der Waals surface area contributed by atoms with Crippen molar-refractivity contribution >= 4 is 51.1 Å². The van der Waals surface area contributed by atoms with Crippen molar-refractivity contribution in [3.05, 3.63) is 82.5 Å². The van der Waals surface area contributed by atoms with E-state index in [2.05, 4.69) is 16.0 Å². The molecule has 2 aromatic heterocycles. The van der Waals surface area contributed by atoms with Crippen molar-refractivity contribution in [2.75, 3.05) is 4.90 Å². The van der Waals surface area contributed by atoms with Gasteiger partial charge in [0.05, 0.1) is 22.6 Å². The van der Waals surface area contributed by atoms with Crippen LogP contribution in [0.5, 0.6) is 0 Å². The fourth-order valence-corrected chi connectivity index (χ4v) is 4.19. The Morgan fingerprint density at radius 2 is 1.62 bits per heavy atom. The highest BCUT2D eigenvalue weighted by Crippen LogP contribution is 2.34. The number of carbonyl (C=O) groups is 1. The van der Waals surface area contributed by atoms with Crippen LogP contribution in [0.2, 0.25) is 0 Å². The molecule has 0 bridgehead atoms. The second-order valence-electron chi connectivity index (χ2n) is 6.91. The number of fused-ring (bicyclic) bond motifs is 1. The molecule has 2 heterocycles. The average molecular weight is 400 g/mol. The number of para-hydroxylation sites is 2. The number of anilines is 2. The number of thiazole rings is 1. The lowest BCUT2D eigenvalue weighted by molar-refractivity contribution is -0.115. The molecule has 144 valence electrons. The first-order chi connectivity index (χ1) is 14.0. The molecule has 0 atom stereocenters. The number of nitrogens with zero attached hydrogens (tertiary/aromatic N) is 3. The van der Waals surface area contributed by atoms with Crippen LogP contribution < -0.4 is 4.90 Å². The second-order valence-corrected chi connectivity index (χ2v) is 7.75. The maximum Gasteiger partial charge on any atom is 0.230 e. The van der Waals surface area contributed by atoms with Gasteiger partial charge in [-0.1, -0.05) is 42.5 Å². The van der Waals surface area contributed by atoms with Crippen molar-refractivity contribution in [1.29, 1.82) is 0 Å². The molecule has 4 aromatic rings. The van der Waals surface area contributed by atoms with Crippen LogP contribution in [0.4, 0.5) is 10.8 Å². The smallest absolute Gasteiger partial charge is 0.230 e. The predicted octanol–water partition coefficient (Wildman–Crippen LogP) is 6.16. The van der Waals surface area contributed by atoms with Gasteiger partial charge in [-0.25, -0.2) is 9.97 Å². The third-order valence-electron chi connectivity index (χ3n) is 4.72. The lowest BCUT2D eigenvalue weighted by atomic mass is 10.1. The molecule has 0 aliphatic carbocycles. The van der Waals surface area contributed by atoms with Gasteiger partial charge < -0.3 is 0 Å². The van der Waals surface area contributed by atoms with Crippen molar-refractivity contribution in [1.82, 2.24) is 9.97 Å². The van der Waals surface area contributed by atoms with Crippen LogP contribution >= 0.6 is 11.3 Å². The Labute approximate surface area is 174 Å². The summed E-state index contributed by atoms with van der Waals surface area (Å²) in [5.74, 6) is -0.0523. The van der Waals surface area contributed by atoms with Crippen molar-refractivity contribution < 1.29 is 4.79 Å². The number of pyridine rings is 1. The highest BCUT2D eigenvalue weighted by Gasteiger charge is 2.21. The number of hydrogen-bond donors (Lipinski definition) is 0.